The van der Waals surface area contributed by atoms with Crippen LogP contribution in [0.2, 0.25) is 0 Å². The van der Waals surface area contributed by atoms with Crippen molar-refractivity contribution in [2.75, 3.05) is 4.90 Å². The van der Waals surface area contributed by atoms with Crippen molar-refractivity contribution < 1.29 is 0 Å². The van der Waals surface area contributed by atoms with Crippen LogP contribution in [0.3, 0.4) is 0 Å². The molecule has 0 heterocycles. The van der Waals surface area contributed by atoms with Gasteiger partial charge in [0.1, 0.15) is 0 Å². The molecule has 0 atom stereocenters. The Hall–Kier alpha value is -7.48. The maximum Gasteiger partial charge on any atom is 0.0713 e. The van der Waals surface area contributed by atoms with Gasteiger partial charge in [0.15, 0.2) is 0 Å². The number of hydrogen-bond donors (Lipinski definition) is 0. The zero-order valence-electron chi connectivity index (χ0n) is 37.7. The molecule has 2 aliphatic carbocycles. The minimum absolute atomic E-state index is 0.0439. The predicted molar refractivity (Wildman–Crippen MR) is 275 cm³/mol. The Morgan fingerprint density at radius 2 is 0.923 bits per heavy atom. The highest BCUT2D eigenvalue weighted by Crippen LogP contribution is 2.59. The smallest absolute Gasteiger partial charge is 0.0713 e. The van der Waals surface area contributed by atoms with Gasteiger partial charge in [-0.05, 0) is 113 Å². The van der Waals surface area contributed by atoms with Crippen molar-refractivity contribution in [3.05, 3.63) is 257 Å². The molecule has 1 nitrogen and oxygen atoms in total. The summed E-state index contributed by atoms with van der Waals surface area (Å²) in [4.78, 5) is 2.58. The van der Waals surface area contributed by atoms with E-state index in [-0.39, 0.29) is 10.8 Å². The van der Waals surface area contributed by atoms with Crippen molar-refractivity contribution in [3.63, 3.8) is 0 Å². The summed E-state index contributed by atoms with van der Waals surface area (Å²) in [6.07, 6.45) is 0. The third-order valence-corrected chi connectivity index (χ3v) is 14.6. The van der Waals surface area contributed by atoms with Crippen molar-refractivity contribution in [2.45, 2.75) is 50.9 Å². The van der Waals surface area contributed by atoms with Gasteiger partial charge in [-0.1, -0.05) is 229 Å². The fourth-order valence-electron chi connectivity index (χ4n) is 11.9. The SMILES string of the molecule is CC(C)(C)c1ccc(N(c2ccc3c(c2)-c2ccccc2C3(c2ccccc2)c2ccccc2)c2ccc3ccccc3c2-c2cccc3c2C(C)(C)c2ccccc2-3)c2ccccc12. The Bertz CT molecular complexity index is 3460. The molecule has 0 saturated carbocycles. The van der Waals surface area contributed by atoms with E-state index in [0.717, 1.165) is 17.1 Å². The van der Waals surface area contributed by atoms with Crippen LogP contribution in [0.15, 0.2) is 218 Å². The van der Waals surface area contributed by atoms with E-state index >= 15 is 0 Å². The molecule has 0 bridgehead atoms. The molecule has 0 radical (unpaired) electrons. The Morgan fingerprint density at radius 3 is 1.63 bits per heavy atom. The Kier molecular flexibility index (Phi) is 8.75. The largest absolute Gasteiger partial charge is 0.309 e. The molecule has 0 fully saturated rings. The Morgan fingerprint density at radius 1 is 0.385 bits per heavy atom. The van der Waals surface area contributed by atoms with Gasteiger partial charge in [0.2, 0.25) is 0 Å². The van der Waals surface area contributed by atoms with Crippen LogP contribution in [0.5, 0.6) is 0 Å². The maximum atomic E-state index is 2.58. The summed E-state index contributed by atoms with van der Waals surface area (Å²) in [5.41, 5.74) is 19.6. The lowest BCUT2D eigenvalue weighted by Crippen LogP contribution is -2.28. The second-order valence-corrected chi connectivity index (χ2v) is 19.6. The third kappa shape index (κ3) is 5.71. The van der Waals surface area contributed by atoms with E-state index < -0.39 is 5.41 Å². The quantitative estimate of drug-likeness (QED) is 0.161. The molecule has 10 aromatic carbocycles. The number of anilines is 3. The monoisotopic (exact) mass is 833 g/mol. The highest BCUT2D eigenvalue weighted by atomic mass is 15.1. The van der Waals surface area contributed by atoms with Gasteiger partial charge in [-0.15, -0.1) is 0 Å². The van der Waals surface area contributed by atoms with E-state index in [0.29, 0.717) is 0 Å². The molecule has 0 saturated heterocycles. The lowest BCUT2D eigenvalue weighted by atomic mass is 9.68. The molecule has 12 rings (SSSR count). The number of rotatable bonds is 6. The first-order valence-electron chi connectivity index (χ1n) is 23.1. The molecule has 0 unspecified atom stereocenters. The van der Waals surface area contributed by atoms with E-state index in [1.165, 1.54) is 93.9 Å². The number of hydrogen-bond acceptors (Lipinski definition) is 1. The highest BCUT2D eigenvalue weighted by Gasteiger charge is 2.46. The van der Waals surface area contributed by atoms with Crippen molar-refractivity contribution in [2.24, 2.45) is 0 Å². The first kappa shape index (κ1) is 39.1. The molecule has 0 N–H and O–H groups in total. The number of benzene rings is 10. The number of fused-ring (bicyclic) bond motifs is 8. The van der Waals surface area contributed by atoms with Gasteiger partial charge in [-0.25, -0.2) is 0 Å². The summed E-state index contributed by atoms with van der Waals surface area (Å²) in [6.45, 7) is 11.8. The van der Waals surface area contributed by atoms with Crippen LogP contribution in [-0.2, 0) is 16.2 Å². The van der Waals surface area contributed by atoms with Crippen LogP contribution in [0, 0.1) is 0 Å². The molecule has 0 aromatic heterocycles. The predicted octanol–water partition coefficient (Wildman–Crippen LogP) is 17.1. The second kappa shape index (κ2) is 14.5. The van der Waals surface area contributed by atoms with E-state index in [1.807, 2.05) is 0 Å². The lowest BCUT2D eigenvalue weighted by Gasteiger charge is -2.35. The summed E-state index contributed by atoms with van der Waals surface area (Å²) in [7, 11) is 0. The minimum atomic E-state index is -0.488. The van der Waals surface area contributed by atoms with Crippen molar-refractivity contribution in [1.82, 2.24) is 0 Å². The fourth-order valence-corrected chi connectivity index (χ4v) is 11.9. The van der Waals surface area contributed by atoms with Gasteiger partial charge in [0.25, 0.3) is 0 Å². The van der Waals surface area contributed by atoms with Gasteiger partial charge in [0.05, 0.1) is 16.8 Å². The molecular formula is C64H51N. The summed E-state index contributed by atoms with van der Waals surface area (Å²) >= 11 is 0. The average molecular weight is 834 g/mol. The zero-order valence-corrected chi connectivity index (χ0v) is 37.7. The first-order valence-corrected chi connectivity index (χ1v) is 23.1. The van der Waals surface area contributed by atoms with E-state index in [2.05, 4.69) is 258 Å². The van der Waals surface area contributed by atoms with Gasteiger partial charge in [-0.3, -0.25) is 0 Å². The topological polar surface area (TPSA) is 3.24 Å². The molecule has 0 spiro atoms. The summed E-state index contributed by atoms with van der Waals surface area (Å²) in [6, 6.07) is 82.1. The molecule has 312 valence electrons. The van der Waals surface area contributed by atoms with Crippen molar-refractivity contribution >= 4 is 38.6 Å². The van der Waals surface area contributed by atoms with E-state index in [9.17, 15) is 0 Å². The van der Waals surface area contributed by atoms with Crippen LogP contribution in [0.25, 0.3) is 54.9 Å². The summed E-state index contributed by atoms with van der Waals surface area (Å²) < 4.78 is 0. The Balaban J connectivity index is 1.19. The molecule has 1 heteroatoms. The Labute approximate surface area is 383 Å². The fraction of sp³-hybridized carbons (Fsp3) is 0.125. The van der Waals surface area contributed by atoms with Gasteiger partial charge >= 0.3 is 0 Å². The minimum Gasteiger partial charge on any atom is -0.309 e. The van der Waals surface area contributed by atoms with E-state index in [1.54, 1.807) is 0 Å². The number of nitrogens with zero attached hydrogens (tertiary/aromatic N) is 1. The molecule has 10 aromatic rings. The van der Waals surface area contributed by atoms with Crippen LogP contribution in [-0.4, -0.2) is 0 Å². The normalized spacial score (nSPS) is 14.2. The van der Waals surface area contributed by atoms with Gasteiger partial charge in [-0.2, -0.15) is 0 Å². The molecule has 0 aliphatic heterocycles. The van der Waals surface area contributed by atoms with Crippen LogP contribution >= 0.6 is 0 Å². The van der Waals surface area contributed by atoms with Crippen LogP contribution in [0.4, 0.5) is 17.1 Å². The van der Waals surface area contributed by atoms with Crippen LogP contribution < -0.4 is 4.90 Å². The zero-order chi connectivity index (χ0) is 44.1. The highest BCUT2D eigenvalue weighted by molar-refractivity contribution is 6.10. The lowest BCUT2D eigenvalue weighted by molar-refractivity contribution is 0.596. The van der Waals surface area contributed by atoms with Crippen LogP contribution in [0.1, 0.15) is 73.6 Å². The van der Waals surface area contributed by atoms with E-state index in [4.69, 9.17) is 0 Å². The summed E-state index contributed by atoms with van der Waals surface area (Å²) in [5.74, 6) is 0. The second-order valence-electron chi connectivity index (χ2n) is 19.6. The van der Waals surface area contributed by atoms with Crippen molar-refractivity contribution in [1.29, 1.82) is 0 Å². The van der Waals surface area contributed by atoms with Gasteiger partial charge in [0, 0.05) is 22.1 Å². The molecule has 0 amide bonds. The van der Waals surface area contributed by atoms with Gasteiger partial charge < -0.3 is 4.90 Å². The molecular weight excluding hydrogens is 783 g/mol. The third-order valence-electron chi connectivity index (χ3n) is 14.6. The first-order chi connectivity index (χ1) is 31.7. The average Bonchev–Trinajstić information content (AvgIpc) is 3.77. The maximum absolute atomic E-state index is 2.58. The van der Waals surface area contributed by atoms with Crippen molar-refractivity contribution in [3.8, 4) is 33.4 Å². The molecule has 65 heavy (non-hydrogen) atoms. The standard InChI is InChI=1S/C64H51N/c1-62(2,3)54-38-40-58(50-30-15-14-27-47(50)54)65(45-36-37-57-53(41-45)49-29-17-19-34-56(49)64(57,43-22-8-6-9-23-43)44-24-10-7-11-25-44)59-39-35-42-21-12-13-26-46(42)60(59)52-32-20-31-51-48-28-16-18-33-55(48)63(4,5)61(51)52/h6-41H,1-5H3. The molecule has 2 aliphatic rings. The summed E-state index contributed by atoms with van der Waals surface area (Å²) in [5, 5.41) is 4.97.